The Kier molecular flexibility index (Phi) is 4.15. The molecule has 0 atom stereocenters. The van der Waals surface area contributed by atoms with Crippen molar-refractivity contribution in [2.24, 2.45) is 5.84 Å². The Bertz CT molecular complexity index is 554. The van der Waals surface area contributed by atoms with Gasteiger partial charge in [-0.3, -0.25) is 10.2 Å². The molecule has 0 unspecified atom stereocenters. The highest BCUT2D eigenvalue weighted by Crippen LogP contribution is 2.17. The first-order valence-electron chi connectivity index (χ1n) is 6.07. The molecule has 0 saturated heterocycles. The highest BCUT2D eigenvalue weighted by Gasteiger charge is 2.11. The largest absolute Gasteiger partial charge is 0.370 e. The fourth-order valence-electron chi connectivity index (χ4n) is 1.99. The minimum atomic E-state index is -0.267. The molecular weight excluding hydrogens is 238 g/mol. The summed E-state index contributed by atoms with van der Waals surface area (Å²) in [5.74, 6) is 4.94. The predicted molar refractivity (Wildman–Crippen MR) is 76.6 cm³/mol. The van der Waals surface area contributed by atoms with E-state index >= 15 is 0 Å². The van der Waals surface area contributed by atoms with Gasteiger partial charge in [0.15, 0.2) is 0 Å². The minimum Gasteiger partial charge on any atom is -0.370 e. The van der Waals surface area contributed by atoms with E-state index in [1.807, 2.05) is 55.6 Å². The normalized spacial score (nSPS) is 10.0. The molecule has 0 heterocycles. The summed E-state index contributed by atoms with van der Waals surface area (Å²) in [7, 11) is 1.99. The lowest BCUT2D eigenvalue weighted by Gasteiger charge is -2.20. The average molecular weight is 255 g/mol. The summed E-state index contributed by atoms with van der Waals surface area (Å²) in [4.78, 5) is 13.8. The maximum atomic E-state index is 11.7. The van der Waals surface area contributed by atoms with E-state index in [9.17, 15) is 4.79 Å². The Morgan fingerprint density at radius 1 is 1.11 bits per heavy atom. The number of nitrogen functional groups attached to an aromatic ring is 1. The third-order valence-electron chi connectivity index (χ3n) is 3.00. The highest BCUT2D eigenvalue weighted by molar-refractivity contribution is 5.95. The lowest BCUT2D eigenvalue weighted by atomic mass is 10.1. The van der Waals surface area contributed by atoms with Gasteiger partial charge < -0.3 is 4.90 Å². The molecule has 1 amide bonds. The number of anilines is 1. The number of nitrogens with zero attached hydrogens (tertiary/aromatic N) is 1. The van der Waals surface area contributed by atoms with Gasteiger partial charge in [-0.15, -0.1) is 0 Å². The van der Waals surface area contributed by atoms with Gasteiger partial charge in [-0.25, -0.2) is 5.84 Å². The summed E-state index contributed by atoms with van der Waals surface area (Å²) < 4.78 is 0. The van der Waals surface area contributed by atoms with Crippen LogP contribution < -0.4 is 16.2 Å². The number of benzene rings is 2. The zero-order valence-corrected chi connectivity index (χ0v) is 10.8. The first-order valence-corrected chi connectivity index (χ1v) is 6.07. The first-order chi connectivity index (χ1) is 9.22. The van der Waals surface area contributed by atoms with Gasteiger partial charge in [-0.05, 0) is 23.8 Å². The quantitative estimate of drug-likeness (QED) is 0.498. The average Bonchev–Trinajstić information content (AvgIpc) is 2.48. The van der Waals surface area contributed by atoms with Crippen LogP contribution in [-0.2, 0) is 6.54 Å². The lowest BCUT2D eigenvalue weighted by Crippen LogP contribution is -2.31. The maximum absolute atomic E-state index is 11.7. The fourth-order valence-corrected chi connectivity index (χ4v) is 1.99. The number of carbonyl (C=O) groups is 1. The van der Waals surface area contributed by atoms with Crippen LogP contribution in [0.1, 0.15) is 15.9 Å². The lowest BCUT2D eigenvalue weighted by molar-refractivity contribution is 0.0952. The zero-order valence-electron chi connectivity index (χ0n) is 10.8. The van der Waals surface area contributed by atoms with E-state index in [4.69, 9.17) is 5.84 Å². The summed E-state index contributed by atoms with van der Waals surface area (Å²) in [6, 6.07) is 17.5. The molecular formula is C15H17N3O. The van der Waals surface area contributed by atoms with Crippen LogP contribution >= 0.6 is 0 Å². The van der Waals surface area contributed by atoms with Crippen LogP contribution in [-0.4, -0.2) is 13.0 Å². The van der Waals surface area contributed by atoms with Crippen LogP contribution in [0, 0.1) is 0 Å². The molecule has 0 aliphatic carbocycles. The molecule has 2 aromatic carbocycles. The maximum Gasteiger partial charge on any atom is 0.265 e. The van der Waals surface area contributed by atoms with Crippen LogP contribution in [0.5, 0.6) is 0 Å². The molecule has 4 nitrogen and oxygen atoms in total. The third kappa shape index (κ3) is 3.11. The van der Waals surface area contributed by atoms with Crippen LogP contribution in [0.25, 0.3) is 0 Å². The standard InChI is InChI=1S/C15H17N3O/c1-18(13-8-3-2-4-9-13)11-12-7-5-6-10-14(12)15(19)17-16/h2-10H,11,16H2,1H3,(H,17,19). The smallest absolute Gasteiger partial charge is 0.265 e. The van der Waals surface area contributed by atoms with Gasteiger partial charge in [0.05, 0.1) is 0 Å². The third-order valence-corrected chi connectivity index (χ3v) is 3.00. The number of carbonyl (C=O) groups excluding carboxylic acids is 1. The molecule has 0 spiro atoms. The van der Waals surface area contributed by atoms with Crippen LogP contribution in [0.2, 0.25) is 0 Å². The van der Waals surface area contributed by atoms with Gasteiger partial charge in [-0.2, -0.15) is 0 Å². The summed E-state index contributed by atoms with van der Waals surface area (Å²) in [6.07, 6.45) is 0. The van der Waals surface area contributed by atoms with E-state index in [1.54, 1.807) is 6.07 Å². The molecule has 0 aliphatic heterocycles. The first kappa shape index (κ1) is 13.1. The molecule has 3 N–H and O–H groups in total. The molecule has 2 aromatic rings. The van der Waals surface area contributed by atoms with Gasteiger partial charge in [0.2, 0.25) is 0 Å². The Morgan fingerprint density at radius 2 is 1.74 bits per heavy atom. The van der Waals surface area contributed by atoms with Crippen LogP contribution in [0.3, 0.4) is 0 Å². The molecule has 4 heteroatoms. The number of hydrazine groups is 1. The summed E-state index contributed by atoms with van der Waals surface area (Å²) in [5.41, 5.74) is 4.83. The number of para-hydroxylation sites is 1. The van der Waals surface area contributed by atoms with Gasteiger partial charge in [0.1, 0.15) is 0 Å². The summed E-state index contributed by atoms with van der Waals surface area (Å²) in [6.45, 7) is 0.646. The van der Waals surface area contributed by atoms with Crippen molar-refractivity contribution in [1.82, 2.24) is 5.43 Å². The summed E-state index contributed by atoms with van der Waals surface area (Å²) >= 11 is 0. The fraction of sp³-hybridized carbons (Fsp3) is 0.133. The molecule has 19 heavy (non-hydrogen) atoms. The van der Waals surface area contributed by atoms with Gasteiger partial charge in [0.25, 0.3) is 5.91 Å². The predicted octanol–water partition coefficient (Wildman–Crippen LogP) is 1.93. The monoisotopic (exact) mass is 255 g/mol. The van der Waals surface area contributed by atoms with E-state index in [0.29, 0.717) is 12.1 Å². The topological polar surface area (TPSA) is 58.4 Å². The van der Waals surface area contributed by atoms with E-state index < -0.39 is 0 Å². The Balaban J connectivity index is 2.22. The van der Waals surface area contributed by atoms with Crippen molar-refractivity contribution in [3.05, 3.63) is 65.7 Å². The number of hydrogen-bond donors (Lipinski definition) is 2. The van der Waals surface area contributed by atoms with Crippen molar-refractivity contribution < 1.29 is 4.79 Å². The number of nitrogens with two attached hydrogens (primary N) is 1. The molecule has 0 radical (unpaired) electrons. The number of nitrogens with one attached hydrogen (secondary N) is 1. The second-order valence-electron chi connectivity index (χ2n) is 4.32. The van der Waals surface area contributed by atoms with Crippen molar-refractivity contribution >= 4 is 11.6 Å². The number of amides is 1. The molecule has 0 fully saturated rings. The van der Waals surface area contributed by atoms with Crippen molar-refractivity contribution in [2.75, 3.05) is 11.9 Å². The van der Waals surface area contributed by atoms with Gasteiger partial charge >= 0.3 is 0 Å². The van der Waals surface area contributed by atoms with E-state index in [-0.39, 0.29) is 5.91 Å². The van der Waals surface area contributed by atoms with Crippen molar-refractivity contribution in [1.29, 1.82) is 0 Å². The number of hydrogen-bond acceptors (Lipinski definition) is 3. The van der Waals surface area contributed by atoms with E-state index in [0.717, 1.165) is 11.3 Å². The molecule has 2 rings (SSSR count). The van der Waals surface area contributed by atoms with Crippen molar-refractivity contribution in [3.63, 3.8) is 0 Å². The molecule has 0 saturated carbocycles. The van der Waals surface area contributed by atoms with Gasteiger partial charge in [-0.1, -0.05) is 36.4 Å². The molecule has 98 valence electrons. The minimum absolute atomic E-state index is 0.267. The van der Waals surface area contributed by atoms with Crippen molar-refractivity contribution in [2.45, 2.75) is 6.54 Å². The SMILES string of the molecule is CN(Cc1ccccc1C(=O)NN)c1ccccc1. The van der Waals surface area contributed by atoms with Crippen LogP contribution in [0.4, 0.5) is 5.69 Å². The van der Waals surface area contributed by atoms with E-state index in [2.05, 4.69) is 10.3 Å². The summed E-state index contributed by atoms with van der Waals surface area (Å²) in [5, 5.41) is 0. The zero-order chi connectivity index (χ0) is 13.7. The molecule has 0 bridgehead atoms. The second-order valence-corrected chi connectivity index (χ2v) is 4.32. The Labute approximate surface area is 112 Å². The van der Waals surface area contributed by atoms with Crippen LogP contribution in [0.15, 0.2) is 54.6 Å². The Morgan fingerprint density at radius 3 is 2.42 bits per heavy atom. The molecule has 0 aliphatic rings. The molecule has 0 aromatic heterocycles. The van der Waals surface area contributed by atoms with E-state index in [1.165, 1.54) is 0 Å². The Hall–Kier alpha value is -2.33. The highest BCUT2D eigenvalue weighted by atomic mass is 16.2. The second kappa shape index (κ2) is 6.02. The number of rotatable bonds is 4. The van der Waals surface area contributed by atoms with Crippen molar-refractivity contribution in [3.8, 4) is 0 Å². The van der Waals surface area contributed by atoms with Gasteiger partial charge in [0, 0.05) is 24.8 Å².